The number of aliphatic hydroxyl groups is 1. The van der Waals surface area contributed by atoms with Crippen molar-refractivity contribution in [1.82, 2.24) is 25.1 Å². The van der Waals surface area contributed by atoms with Gasteiger partial charge in [0.15, 0.2) is 5.82 Å². The molecule has 0 spiro atoms. The van der Waals surface area contributed by atoms with Crippen LogP contribution in [0.25, 0.3) is 0 Å². The fourth-order valence-electron chi connectivity index (χ4n) is 1.71. The van der Waals surface area contributed by atoms with Gasteiger partial charge in [0.25, 0.3) is 5.91 Å². The molecule has 0 aliphatic heterocycles. The number of pyridine rings is 1. The number of hydrogen-bond acceptors (Lipinski definition) is 5. The summed E-state index contributed by atoms with van der Waals surface area (Å²) in [6.45, 7) is 0.166. The van der Waals surface area contributed by atoms with E-state index in [1.807, 2.05) is 0 Å². The minimum atomic E-state index is -0.263. The van der Waals surface area contributed by atoms with Crippen molar-refractivity contribution in [2.75, 3.05) is 13.2 Å². The summed E-state index contributed by atoms with van der Waals surface area (Å²) in [6.07, 6.45) is 5.19. The minimum absolute atomic E-state index is 0.240. The van der Waals surface area contributed by atoms with Gasteiger partial charge in [0.05, 0.1) is 11.1 Å². The molecule has 108 valence electrons. The van der Waals surface area contributed by atoms with Crippen LogP contribution >= 0.6 is 0 Å². The highest BCUT2D eigenvalue weighted by Gasteiger charge is 2.10. The first-order chi connectivity index (χ1) is 10.2. The largest absolute Gasteiger partial charge is 0.384 e. The zero-order valence-corrected chi connectivity index (χ0v) is 11.6. The molecular weight excluding hydrogens is 270 g/mol. The van der Waals surface area contributed by atoms with Crippen molar-refractivity contribution in [2.45, 2.75) is 6.42 Å². The van der Waals surface area contributed by atoms with Crippen LogP contribution in [0.1, 0.15) is 21.7 Å². The number of carbonyl (C=O) groups excluding carboxylic acids is 1. The average Bonchev–Trinajstić information content (AvgIpc) is 2.91. The molecule has 1 amide bonds. The summed E-state index contributed by atoms with van der Waals surface area (Å²) in [7, 11) is 1.79. The van der Waals surface area contributed by atoms with Crippen molar-refractivity contribution >= 4 is 5.91 Å². The molecule has 7 heteroatoms. The quantitative estimate of drug-likeness (QED) is 0.741. The van der Waals surface area contributed by atoms with E-state index in [2.05, 4.69) is 32.2 Å². The SMILES string of the molecule is Cn1cnc(CCNC(=O)c2ccncc2C#CCO)n1. The second-order valence-corrected chi connectivity index (χ2v) is 4.22. The van der Waals surface area contributed by atoms with Gasteiger partial charge in [-0.15, -0.1) is 0 Å². The first-order valence-electron chi connectivity index (χ1n) is 6.37. The maximum absolute atomic E-state index is 12.1. The Balaban J connectivity index is 1.97. The molecule has 0 radical (unpaired) electrons. The Morgan fingerprint density at radius 3 is 3.10 bits per heavy atom. The molecule has 21 heavy (non-hydrogen) atoms. The zero-order valence-electron chi connectivity index (χ0n) is 11.6. The minimum Gasteiger partial charge on any atom is -0.384 e. The van der Waals surface area contributed by atoms with Crippen molar-refractivity contribution in [3.63, 3.8) is 0 Å². The number of rotatable bonds is 4. The normalized spacial score (nSPS) is 9.81. The van der Waals surface area contributed by atoms with Crippen molar-refractivity contribution < 1.29 is 9.90 Å². The Bertz CT molecular complexity index is 684. The van der Waals surface area contributed by atoms with Gasteiger partial charge in [-0.05, 0) is 6.07 Å². The molecule has 0 aliphatic carbocycles. The highest BCUT2D eigenvalue weighted by atomic mass is 16.2. The van der Waals surface area contributed by atoms with Crippen LogP contribution < -0.4 is 5.32 Å². The van der Waals surface area contributed by atoms with Crippen molar-refractivity contribution in [2.24, 2.45) is 7.05 Å². The summed E-state index contributed by atoms with van der Waals surface area (Å²) in [4.78, 5) is 20.1. The van der Waals surface area contributed by atoms with Gasteiger partial charge in [-0.2, -0.15) is 5.10 Å². The van der Waals surface area contributed by atoms with Crippen LogP contribution in [0.15, 0.2) is 24.8 Å². The summed E-state index contributed by atoms with van der Waals surface area (Å²) < 4.78 is 1.61. The molecule has 0 atom stereocenters. The molecule has 2 heterocycles. The van der Waals surface area contributed by atoms with Crippen LogP contribution in [0.4, 0.5) is 0 Å². The fourth-order valence-corrected chi connectivity index (χ4v) is 1.71. The molecule has 2 N–H and O–H groups in total. The first kappa shape index (κ1) is 14.7. The Morgan fingerprint density at radius 1 is 1.52 bits per heavy atom. The maximum atomic E-state index is 12.1. The van der Waals surface area contributed by atoms with Crippen LogP contribution in [0, 0.1) is 11.8 Å². The number of hydrogen-bond donors (Lipinski definition) is 2. The molecule has 0 fully saturated rings. The second-order valence-electron chi connectivity index (χ2n) is 4.22. The molecule has 0 aliphatic rings. The number of amides is 1. The highest BCUT2D eigenvalue weighted by molar-refractivity contribution is 5.96. The third kappa shape index (κ3) is 4.12. The Hall–Kier alpha value is -2.72. The van der Waals surface area contributed by atoms with E-state index in [-0.39, 0.29) is 12.5 Å². The lowest BCUT2D eigenvalue weighted by Gasteiger charge is -2.05. The van der Waals surface area contributed by atoms with Gasteiger partial charge in [0, 0.05) is 32.4 Å². The third-order valence-corrected chi connectivity index (χ3v) is 2.65. The number of carbonyl (C=O) groups is 1. The highest BCUT2D eigenvalue weighted by Crippen LogP contribution is 2.05. The van der Waals surface area contributed by atoms with Gasteiger partial charge >= 0.3 is 0 Å². The average molecular weight is 285 g/mol. The maximum Gasteiger partial charge on any atom is 0.252 e. The van der Waals surface area contributed by atoms with E-state index >= 15 is 0 Å². The predicted molar refractivity (Wildman–Crippen MR) is 75.2 cm³/mol. The van der Waals surface area contributed by atoms with Crippen LogP contribution in [0.5, 0.6) is 0 Å². The lowest BCUT2D eigenvalue weighted by molar-refractivity contribution is 0.0953. The summed E-state index contributed by atoms with van der Waals surface area (Å²) >= 11 is 0. The van der Waals surface area contributed by atoms with Crippen LogP contribution in [-0.2, 0) is 13.5 Å². The molecule has 2 rings (SSSR count). The summed E-state index contributed by atoms with van der Waals surface area (Å²) in [5, 5.41) is 15.6. The number of nitrogens with one attached hydrogen (secondary N) is 1. The van der Waals surface area contributed by atoms with Gasteiger partial charge in [-0.3, -0.25) is 14.5 Å². The predicted octanol–water partition coefficient (Wildman–Crippen LogP) is -0.474. The molecule has 7 nitrogen and oxygen atoms in total. The Morgan fingerprint density at radius 2 is 2.38 bits per heavy atom. The van der Waals surface area contributed by atoms with Crippen LogP contribution in [0.2, 0.25) is 0 Å². The molecule has 0 aromatic carbocycles. The number of nitrogens with zero attached hydrogens (tertiary/aromatic N) is 4. The van der Waals surface area contributed by atoms with Gasteiger partial charge in [-0.25, -0.2) is 4.98 Å². The molecule has 0 unspecified atom stereocenters. The van der Waals surface area contributed by atoms with E-state index in [0.29, 0.717) is 29.9 Å². The summed E-state index contributed by atoms with van der Waals surface area (Å²) in [5.74, 6) is 5.64. The zero-order chi connectivity index (χ0) is 15.1. The van der Waals surface area contributed by atoms with Crippen molar-refractivity contribution in [3.05, 3.63) is 41.7 Å². The van der Waals surface area contributed by atoms with E-state index in [9.17, 15) is 4.79 Å². The van der Waals surface area contributed by atoms with E-state index in [4.69, 9.17) is 5.11 Å². The second kappa shape index (κ2) is 7.17. The van der Waals surface area contributed by atoms with E-state index < -0.39 is 0 Å². The van der Waals surface area contributed by atoms with Gasteiger partial charge in [0.1, 0.15) is 12.9 Å². The molecule has 2 aromatic rings. The smallest absolute Gasteiger partial charge is 0.252 e. The van der Waals surface area contributed by atoms with Gasteiger partial charge in [-0.1, -0.05) is 11.8 Å². The van der Waals surface area contributed by atoms with E-state index in [1.54, 1.807) is 24.1 Å². The Kier molecular flexibility index (Phi) is 5.01. The molecule has 0 saturated heterocycles. The lowest BCUT2D eigenvalue weighted by atomic mass is 10.1. The van der Waals surface area contributed by atoms with Crippen molar-refractivity contribution in [1.29, 1.82) is 0 Å². The van der Waals surface area contributed by atoms with E-state index in [0.717, 1.165) is 0 Å². The molecule has 2 aromatic heterocycles. The van der Waals surface area contributed by atoms with Crippen LogP contribution in [-0.4, -0.2) is 43.9 Å². The van der Waals surface area contributed by atoms with Crippen LogP contribution in [0.3, 0.4) is 0 Å². The summed E-state index contributed by atoms with van der Waals surface area (Å²) in [6, 6.07) is 1.59. The molecule has 0 bridgehead atoms. The monoisotopic (exact) mass is 285 g/mol. The topological polar surface area (TPSA) is 92.9 Å². The standard InChI is InChI=1S/C14H15N5O2/c1-19-10-17-13(18-19)5-7-16-14(21)12-4-6-15-9-11(12)3-2-8-20/h4,6,9-10,20H,5,7-8H2,1H3,(H,16,21). The van der Waals surface area contributed by atoms with Gasteiger partial charge < -0.3 is 10.4 Å². The lowest BCUT2D eigenvalue weighted by Crippen LogP contribution is -2.26. The van der Waals surface area contributed by atoms with E-state index in [1.165, 1.54) is 12.4 Å². The Labute approximate surface area is 122 Å². The molecule has 0 saturated carbocycles. The first-order valence-corrected chi connectivity index (χ1v) is 6.37. The third-order valence-electron chi connectivity index (χ3n) is 2.65. The molecular formula is C14H15N5O2. The number of aromatic nitrogens is 4. The number of aryl methyl sites for hydroxylation is 1. The fraction of sp³-hybridized carbons (Fsp3) is 0.286. The van der Waals surface area contributed by atoms with Gasteiger partial charge in [0.2, 0.25) is 0 Å². The number of aliphatic hydroxyl groups excluding tert-OH is 1. The van der Waals surface area contributed by atoms with Crippen molar-refractivity contribution in [3.8, 4) is 11.8 Å². The summed E-state index contributed by atoms with van der Waals surface area (Å²) in [5.41, 5.74) is 0.917.